The molecule has 1 unspecified atom stereocenters. The Balaban J connectivity index is 2.11. The van der Waals surface area contributed by atoms with Gasteiger partial charge in [-0.25, -0.2) is 0 Å². The fourth-order valence-electron chi connectivity index (χ4n) is 3.70. The minimum Gasteiger partial charge on any atom is -0.507 e. The Kier molecular flexibility index (Phi) is 7.38. The van der Waals surface area contributed by atoms with Crippen molar-refractivity contribution < 1.29 is 19.4 Å². The average Bonchev–Trinajstić information content (AvgIpc) is 3.01. The van der Waals surface area contributed by atoms with Gasteiger partial charge in [0.25, 0.3) is 11.7 Å². The maximum Gasteiger partial charge on any atom is 0.295 e. The van der Waals surface area contributed by atoms with E-state index in [1.165, 1.54) is 4.90 Å². The number of rotatable bonds is 8. The summed E-state index contributed by atoms with van der Waals surface area (Å²) in [5.41, 5.74) is 1.97. The standard InChI is InChI=1S/C25H27ClN2O4/c1-5-14-32-19-10-11-20(16(2)15-19)23(29)21-22(17-6-8-18(26)9-7-17)28(13-12-27(3)4)25(31)24(21)30/h5-11,15,22,29H,1,12-14H2,2-4H3/b23-21-. The fraction of sp³-hybridized carbons (Fsp3) is 0.280. The van der Waals surface area contributed by atoms with E-state index in [9.17, 15) is 14.7 Å². The fourth-order valence-corrected chi connectivity index (χ4v) is 3.83. The predicted octanol–water partition coefficient (Wildman–Crippen LogP) is 4.20. The number of benzene rings is 2. The molecule has 0 spiro atoms. The predicted molar refractivity (Wildman–Crippen MR) is 126 cm³/mol. The van der Waals surface area contributed by atoms with Crippen molar-refractivity contribution in [3.05, 3.63) is 82.4 Å². The number of aliphatic hydroxyl groups is 1. The molecule has 0 saturated carbocycles. The molecule has 0 bridgehead atoms. The van der Waals surface area contributed by atoms with Crippen LogP contribution < -0.4 is 4.74 Å². The van der Waals surface area contributed by atoms with Gasteiger partial charge in [0.2, 0.25) is 0 Å². The number of carbonyl (C=O) groups is 2. The topological polar surface area (TPSA) is 70.1 Å². The summed E-state index contributed by atoms with van der Waals surface area (Å²) in [4.78, 5) is 29.4. The average molecular weight is 455 g/mol. The quantitative estimate of drug-likeness (QED) is 0.280. The molecule has 0 radical (unpaired) electrons. The number of Topliss-reactive ketones (excluding diaryl/α,β-unsaturated/α-hetero) is 1. The molecule has 0 aliphatic carbocycles. The molecule has 0 aromatic heterocycles. The summed E-state index contributed by atoms with van der Waals surface area (Å²) in [6, 6.07) is 11.4. The van der Waals surface area contributed by atoms with E-state index < -0.39 is 17.7 Å². The van der Waals surface area contributed by atoms with Gasteiger partial charge in [0.1, 0.15) is 18.1 Å². The van der Waals surface area contributed by atoms with E-state index in [1.807, 2.05) is 25.9 Å². The summed E-state index contributed by atoms with van der Waals surface area (Å²) >= 11 is 6.05. The molecule has 1 aliphatic heterocycles. The van der Waals surface area contributed by atoms with E-state index in [0.717, 1.165) is 5.56 Å². The third-order valence-electron chi connectivity index (χ3n) is 5.33. The Morgan fingerprint density at radius 3 is 2.50 bits per heavy atom. The van der Waals surface area contributed by atoms with Crippen molar-refractivity contribution in [2.24, 2.45) is 0 Å². The van der Waals surface area contributed by atoms with Crippen LogP contribution in [0, 0.1) is 6.92 Å². The van der Waals surface area contributed by atoms with Crippen LogP contribution in [-0.4, -0.2) is 60.4 Å². The lowest BCUT2D eigenvalue weighted by molar-refractivity contribution is -0.140. The summed E-state index contributed by atoms with van der Waals surface area (Å²) in [6.07, 6.45) is 1.64. The number of ketones is 1. The zero-order chi connectivity index (χ0) is 23.4. The van der Waals surface area contributed by atoms with Crippen LogP contribution in [0.4, 0.5) is 0 Å². The first-order valence-corrected chi connectivity index (χ1v) is 10.7. The number of aliphatic hydroxyl groups excluding tert-OH is 1. The molecule has 7 heteroatoms. The second-order valence-electron chi connectivity index (χ2n) is 7.92. The van der Waals surface area contributed by atoms with Crippen LogP contribution in [0.2, 0.25) is 5.02 Å². The first-order valence-electron chi connectivity index (χ1n) is 10.3. The first-order chi connectivity index (χ1) is 15.2. The lowest BCUT2D eigenvalue weighted by atomic mass is 9.94. The van der Waals surface area contributed by atoms with Crippen molar-refractivity contribution in [3.8, 4) is 5.75 Å². The number of hydrogen-bond acceptors (Lipinski definition) is 5. The Hall–Kier alpha value is -3.09. The number of halogens is 1. The number of aryl methyl sites for hydroxylation is 1. The summed E-state index contributed by atoms with van der Waals surface area (Å²) in [7, 11) is 3.79. The van der Waals surface area contributed by atoms with E-state index in [0.29, 0.717) is 41.6 Å². The second-order valence-corrected chi connectivity index (χ2v) is 8.36. The van der Waals surface area contributed by atoms with Crippen LogP contribution in [0.1, 0.15) is 22.7 Å². The Morgan fingerprint density at radius 1 is 1.22 bits per heavy atom. The van der Waals surface area contributed by atoms with Crippen molar-refractivity contribution in [2.45, 2.75) is 13.0 Å². The third-order valence-corrected chi connectivity index (χ3v) is 5.59. The Bertz CT molecular complexity index is 1060. The highest BCUT2D eigenvalue weighted by molar-refractivity contribution is 6.46. The first kappa shape index (κ1) is 23.6. The minimum absolute atomic E-state index is 0.0685. The maximum absolute atomic E-state index is 13.1. The third kappa shape index (κ3) is 4.87. The molecular weight excluding hydrogens is 428 g/mol. The molecule has 2 aromatic carbocycles. The van der Waals surface area contributed by atoms with Crippen LogP contribution in [-0.2, 0) is 9.59 Å². The molecular formula is C25H27ClN2O4. The van der Waals surface area contributed by atoms with Gasteiger partial charge in [-0.1, -0.05) is 36.4 Å². The largest absolute Gasteiger partial charge is 0.507 e. The van der Waals surface area contributed by atoms with Gasteiger partial charge in [-0.3, -0.25) is 9.59 Å². The molecule has 2 aromatic rings. The van der Waals surface area contributed by atoms with Crippen molar-refractivity contribution in [1.29, 1.82) is 0 Å². The number of ether oxygens (including phenoxy) is 1. The highest BCUT2D eigenvalue weighted by atomic mass is 35.5. The van der Waals surface area contributed by atoms with Crippen LogP contribution in [0.15, 0.2) is 60.7 Å². The van der Waals surface area contributed by atoms with Crippen LogP contribution >= 0.6 is 11.6 Å². The second kappa shape index (κ2) is 10.0. The summed E-state index contributed by atoms with van der Waals surface area (Å²) in [5, 5.41) is 11.8. The van der Waals surface area contributed by atoms with Crippen molar-refractivity contribution >= 4 is 29.1 Å². The number of likely N-dealkylation sites (tertiary alicyclic amines) is 1. The molecule has 1 amide bonds. The van der Waals surface area contributed by atoms with Gasteiger partial charge in [-0.05, 0) is 62.5 Å². The summed E-state index contributed by atoms with van der Waals surface area (Å²) in [6.45, 7) is 6.72. The molecule has 1 aliphatic rings. The lowest BCUT2D eigenvalue weighted by Gasteiger charge is -2.26. The van der Waals surface area contributed by atoms with Crippen LogP contribution in [0.5, 0.6) is 5.75 Å². The lowest BCUT2D eigenvalue weighted by Crippen LogP contribution is -2.35. The molecule has 3 rings (SSSR count). The molecule has 1 heterocycles. The van der Waals surface area contributed by atoms with E-state index >= 15 is 0 Å². The Labute approximate surface area is 193 Å². The zero-order valence-electron chi connectivity index (χ0n) is 18.5. The normalized spacial score (nSPS) is 17.8. The smallest absolute Gasteiger partial charge is 0.295 e. The van der Waals surface area contributed by atoms with E-state index in [-0.39, 0.29) is 11.3 Å². The van der Waals surface area contributed by atoms with Crippen LogP contribution in [0.25, 0.3) is 5.76 Å². The van der Waals surface area contributed by atoms with E-state index in [2.05, 4.69) is 6.58 Å². The Morgan fingerprint density at radius 2 is 1.91 bits per heavy atom. The molecule has 1 fully saturated rings. The molecule has 6 nitrogen and oxygen atoms in total. The van der Waals surface area contributed by atoms with Crippen molar-refractivity contribution in [1.82, 2.24) is 9.80 Å². The molecule has 1 N–H and O–H groups in total. The van der Waals surface area contributed by atoms with E-state index in [4.69, 9.17) is 16.3 Å². The number of amides is 1. The minimum atomic E-state index is -0.705. The highest BCUT2D eigenvalue weighted by Crippen LogP contribution is 2.40. The van der Waals surface area contributed by atoms with Crippen molar-refractivity contribution in [3.63, 3.8) is 0 Å². The SMILES string of the molecule is C=CCOc1ccc(/C(O)=C2/C(=O)C(=O)N(CCN(C)C)C2c2ccc(Cl)cc2)c(C)c1. The molecule has 168 valence electrons. The van der Waals surface area contributed by atoms with Gasteiger partial charge in [0.15, 0.2) is 0 Å². The van der Waals surface area contributed by atoms with Crippen LogP contribution in [0.3, 0.4) is 0 Å². The number of hydrogen-bond donors (Lipinski definition) is 1. The van der Waals surface area contributed by atoms with Gasteiger partial charge in [0.05, 0.1) is 11.6 Å². The van der Waals surface area contributed by atoms with Gasteiger partial charge in [0, 0.05) is 23.7 Å². The summed E-state index contributed by atoms with van der Waals surface area (Å²) < 4.78 is 5.55. The van der Waals surface area contributed by atoms with Gasteiger partial charge < -0.3 is 19.6 Å². The summed E-state index contributed by atoms with van der Waals surface area (Å²) in [5.74, 6) is -0.910. The number of likely N-dealkylation sites (N-methyl/N-ethyl adjacent to an activating group) is 1. The molecule has 1 atom stereocenters. The monoisotopic (exact) mass is 454 g/mol. The van der Waals surface area contributed by atoms with Gasteiger partial charge in [-0.2, -0.15) is 0 Å². The number of carbonyl (C=O) groups excluding carboxylic acids is 2. The highest BCUT2D eigenvalue weighted by Gasteiger charge is 2.46. The van der Waals surface area contributed by atoms with Gasteiger partial charge >= 0.3 is 0 Å². The molecule has 32 heavy (non-hydrogen) atoms. The number of nitrogens with zero attached hydrogens (tertiary/aromatic N) is 2. The van der Waals surface area contributed by atoms with E-state index in [1.54, 1.807) is 48.5 Å². The van der Waals surface area contributed by atoms with Crippen molar-refractivity contribution in [2.75, 3.05) is 33.8 Å². The molecule has 1 saturated heterocycles. The van der Waals surface area contributed by atoms with Gasteiger partial charge in [-0.15, -0.1) is 0 Å². The zero-order valence-corrected chi connectivity index (χ0v) is 19.2. The maximum atomic E-state index is 13.1.